The molecule has 1 atom stereocenters. The average Bonchev–Trinajstić information content (AvgIpc) is 3.32. The topological polar surface area (TPSA) is 74.3 Å². The molecule has 0 spiro atoms. The van der Waals surface area contributed by atoms with Crippen LogP contribution in [0.1, 0.15) is 42.8 Å². The van der Waals surface area contributed by atoms with Crippen LogP contribution in [0.3, 0.4) is 0 Å². The number of carbonyl (C=O) groups is 2. The third-order valence-electron chi connectivity index (χ3n) is 4.75. The van der Waals surface area contributed by atoms with Gasteiger partial charge in [-0.25, -0.2) is 9.78 Å². The number of likely N-dealkylation sites (tertiary alicyclic amines) is 1. The SMILES string of the molecule is Cc1nc(-c2ccc(Cl)cc2)sc1C(C)NC(=O)NCCC(=O)N1CCCC1. The van der Waals surface area contributed by atoms with Crippen molar-refractivity contribution in [2.45, 2.75) is 39.2 Å². The van der Waals surface area contributed by atoms with Gasteiger partial charge in [0, 0.05) is 36.6 Å². The van der Waals surface area contributed by atoms with E-state index >= 15 is 0 Å². The number of halogens is 1. The molecule has 0 radical (unpaired) electrons. The predicted molar refractivity (Wildman–Crippen MR) is 113 cm³/mol. The van der Waals surface area contributed by atoms with E-state index in [2.05, 4.69) is 15.6 Å². The number of hydrogen-bond donors (Lipinski definition) is 2. The Morgan fingerprint density at radius 1 is 1.25 bits per heavy atom. The Kier molecular flexibility index (Phi) is 6.91. The van der Waals surface area contributed by atoms with Crippen LogP contribution < -0.4 is 10.6 Å². The van der Waals surface area contributed by atoms with Crippen LogP contribution in [0.25, 0.3) is 10.6 Å². The smallest absolute Gasteiger partial charge is 0.315 e. The monoisotopic (exact) mass is 420 g/mol. The van der Waals surface area contributed by atoms with E-state index in [1.807, 2.05) is 43.0 Å². The van der Waals surface area contributed by atoms with Crippen molar-refractivity contribution >= 4 is 34.9 Å². The highest BCUT2D eigenvalue weighted by atomic mass is 35.5. The number of nitrogens with one attached hydrogen (secondary N) is 2. The van der Waals surface area contributed by atoms with Crippen LogP contribution in [0, 0.1) is 6.92 Å². The lowest BCUT2D eigenvalue weighted by atomic mass is 10.2. The number of urea groups is 1. The summed E-state index contributed by atoms with van der Waals surface area (Å²) in [7, 11) is 0. The summed E-state index contributed by atoms with van der Waals surface area (Å²) in [6.45, 7) is 5.88. The molecule has 28 heavy (non-hydrogen) atoms. The molecule has 2 heterocycles. The maximum atomic E-state index is 12.2. The van der Waals surface area contributed by atoms with E-state index < -0.39 is 0 Å². The predicted octanol–water partition coefficient (Wildman–Crippen LogP) is 4.14. The molecule has 1 fully saturated rings. The Hall–Kier alpha value is -2.12. The minimum Gasteiger partial charge on any atom is -0.343 e. The highest BCUT2D eigenvalue weighted by molar-refractivity contribution is 7.15. The zero-order valence-electron chi connectivity index (χ0n) is 16.1. The lowest BCUT2D eigenvalue weighted by molar-refractivity contribution is -0.129. The minimum atomic E-state index is -0.275. The fourth-order valence-corrected chi connectivity index (χ4v) is 4.45. The Labute approximate surface area is 174 Å². The van der Waals surface area contributed by atoms with Crippen LogP contribution in [0.15, 0.2) is 24.3 Å². The first-order valence-electron chi connectivity index (χ1n) is 9.49. The van der Waals surface area contributed by atoms with Crippen molar-refractivity contribution in [1.29, 1.82) is 0 Å². The van der Waals surface area contributed by atoms with Gasteiger partial charge in [-0.1, -0.05) is 23.7 Å². The summed E-state index contributed by atoms with van der Waals surface area (Å²) < 4.78 is 0. The van der Waals surface area contributed by atoms with E-state index in [-0.39, 0.29) is 18.0 Å². The first kappa shape index (κ1) is 20.6. The second-order valence-corrected chi connectivity index (χ2v) is 8.40. The van der Waals surface area contributed by atoms with E-state index in [1.54, 1.807) is 11.3 Å². The molecule has 1 aromatic heterocycles. The zero-order chi connectivity index (χ0) is 20.1. The van der Waals surface area contributed by atoms with Crippen LogP contribution in [0.2, 0.25) is 5.02 Å². The molecule has 150 valence electrons. The second kappa shape index (κ2) is 9.39. The Morgan fingerprint density at radius 3 is 2.61 bits per heavy atom. The number of aryl methyl sites for hydroxylation is 1. The van der Waals surface area contributed by atoms with Crippen LogP contribution in [0.4, 0.5) is 4.79 Å². The van der Waals surface area contributed by atoms with Gasteiger partial charge in [-0.05, 0) is 38.8 Å². The van der Waals surface area contributed by atoms with Crippen LogP contribution >= 0.6 is 22.9 Å². The molecule has 0 saturated carbocycles. The van der Waals surface area contributed by atoms with Gasteiger partial charge in [0.2, 0.25) is 5.91 Å². The third kappa shape index (κ3) is 5.23. The van der Waals surface area contributed by atoms with Crippen LogP contribution in [-0.2, 0) is 4.79 Å². The number of aromatic nitrogens is 1. The Balaban J connectivity index is 1.51. The van der Waals surface area contributed by atoms with Crippen molar-refractivity contribution < 1.29 is 9.59 Å². The molecule has 6 nitrogen and oxygen atoms in total. The molecular formula is C20H25ClN4O2S. The molecule has 1 saturated heterocycles. The number of benzene rings is 1. The van der Waals surface area contributed by atoms with E-state index in [9.17, 15) is 9.59 Å². The number of nitrogens with zero attached hydrogens (tertiary/aromatic N) is 2. The molecule has 0 aliphatic carbocycles. The largest absolute Gasteiger partial charge is 0.343 e. The van der Waals surface area contributed by atoms with E-state index in [4.69, 9.17) is 11.6 Å². The second-order valence-electron chi connectivity index (χ2n) is 6.94. The summed E-state index contributed by atoms with van der Waals surface area (Å²) in [5.74, 6) is 0.108. The first-order valence-corrected chi connectivity index (χ1v) is 10.7. The summed E-state index contributed by atoms with van der Waals surface area (Å²) in [6, 6.07) is 7.10. The quantitative estimate of drug-likeness (QED) is 0.737. The lowest BCUT2D eigenvalue weighted by Gasteiger charge is -2.16. The average molecular weight is 421 g/mol. The van der Waals surface area contributed by atoms with Crippen molar-refractivity contribution in [3.8, 4) is 10.6 Å². The summed E-state index contributed by atoms with van der Waals surface area (Å²) in [5, 5.41) is 7.29. The molecule has 2 aromatic rings. The van der Waals surface area contributed by atoms with Gasteiger partial charge in [-0.2, -0.15) is 0 Å². The number of amides is 3. The summed E-state index contributed by atoms with van der Waals surface area (Å²) in [6.07, 6.45) is 2.48. The summed E-state index contributed by atoms with van der Waals surface area (Å²) >= 11 is 7.50. The zero-order valence-corrected chi connectivity index (χ0v) is 17.7. The standard InChI is InChI=1S/C20H25ClN4O2S/c1-13-18(28-19(23-13)15-5-7-16(21)8-6-15)14(2)24-20(27)22-10-9-17(26)25-11-3-4-12-25/h5-8,14H,3-4,9-12H2,1-2H3,(H2,22,24,27). The molecule has 1 unspecified atom stereocenters. The summed E-state index contributed by atoms with van der Waals surface area (Å²) in [4.78, 5) is 31.7. The maximum Gasteiger partial charge on any atom is 0.315 e. The van der Waals surface area contributed by atoms with Gasteiger partial charge in [0.25, 0.3) is 0 Å². The molecular weight excluding hydrogens is 396 g/mol. The van der Waals surface area contributed by atoms with E-state index in [0.29, 0.717) is 18.0 Å². The van der Waals surface area contributed by atoms with Gasteiger partial charge in [0.05, 0.1) is 16.6 Å². The third-order valence-corrected chi connectivity index (χ3v) is 6.39. The fourth-order valence-electron chi connectivity index (χ4n) is 3.25. The van der Waals surface area contributed by atoms with Crippen molar-refractivity contribution in [3.05, 3.63) is 39.9 Å². The maximum absolute atomic E-state index is 12.2. The molecule has 3 rings (SSSR count). The Bertz CT molecular complexity index is 831. The molecule has 2 N–H and O–H groups in total. The van der Waals surface area contributed by atoms with Gasteiger partial charge in [0.15, 0.2) is 0 Å². The number of rotatable bonds is 6. The molecule has 0 bridgehead atoms. The van der Waals surface area contributed by atoms with Gasteiger partial charge in [0.1, 0.15) is 5.01 Å². The number of carbonyl (C=O) groups excluding carboxylic acids is 2. The first-order chi connectivity index (χ1) is 13.4. The number of hydrogen-bond acceptors (Lipinski definition) is 4. The minimum absolute atomic E-state index is 0.108. The molecule has 1 aliphatic heterocycles. The van der Waals surface area contributed by atoms with Gasteiger partial charge in [-0.3, -0.25) is 4.79 Å². The van der Waals surface area contributed by atoms with E-state index in [0.717, 1.165) is 47.1 Å². The molecule has 1 aromatic carbocycles. The van der Waals surface area contributed by atoms with E-state index in [1.165, 1.54) is 0 Å². The Morgan fingerprint density at radius 2 is 1.93 bits per heavy atom. The van der Waals surface area contributed by atoms with Gasteiger partial charge >= 0.3 is 6.03 Å². The summed E-state index contributed by atoms with van der Waals surface area (Å²) in [5.41, 5.74) is 1.90. The van der Waals surface area contributed by atoms with Gasteiger partial charge < -0.3 is 15.5 Å². The number of thiazole rings is 1. The molecule has 8 heteroatoms. The highest BCUT2D eigenvalue weighted by Crippen LogP contribution is 2.32. The lowest BCUT2D eigenvalue weighted by Crippen LogP contribution is -2.39. The van der Waals surface area contributed by atoms with Crippen LogP contribution in [0.5, 0.6) is 0 Å². The molecule has 1 aliphatic rings. The van der Waals surface area contributed by atoms with Crippen molar-refractivity contribution in [1.82, 2.24) is 20.5 Å². The normalized spacial score (nSPS) is 14.8. The fraction of sp³-hybridized carbons (Fsp3) is 0.450. The van der Waals surface area contributed by atoms with Crippen molar-refractivity contribution in [2.75, 3.05) is 19.6 Å². The van der Waals surface area contributed by atoms with Crippen molar-refractivity contribution in [3.63, 3.8) is 0 Å². The highest BCUT2D eigenvalue weighted by Gasteiger charge is 2.19. The van der Waals surface area contributed by atoms with Gasteiger partial charge in [-0.15, -0.1) is 11.3 Å². The van der Waals surface area contributed by atoms with Crippen molar-refractivity contribution in [2.24, 2.45) is 0 Å². The van der Waals surface area contributed by atoms with Crippen LogP contribution in [-0.4, -0.2) is 41.5 Å². The molecule has 3 amide bonds.